The van der Waals surface area contributed by atoms with Crippen LogP contribution in [0.25, 0.3) is 0 Å². The number of piperazine rings is 1. The standard InChI is InChI=1S/C8H18N2O/c1-2-3-4-8-7-10(11)6-5-9-8/h8-10H,2-7H2,1H3. The van der Waals surface area contributed by atoms with E-state index in [1.54, 1.807) is 0 Å². The summed E-state index contributed by atoms with van der Waals surface area (Å²) in [5.74, 6) is 0. The molecule has 2 unspecified atom stereocenters. The maximum absolute atomic E-state index is 11.0. The number of unbranched alkanes of at least 4 members (excludes halogenated alkanes) is 1. The molecule has 0 aromatic carbocycles. The van der Waals surface area contributed by atoms with Crippen molar-refractivity contribution in [2.24, 2.45) is 0 Å². The molecule has 1 aliphatic heterocycles. The van der Waals surface area contributed by atoms with Gasteiger partial charge in [0.25, 0.3) is 0 Å². The molecule has 2 N–H and O–H groups in total. The third-order valence-electron chi connectivity index (χ3n) is 2.22. The van der Waals surface area contributed by atoms with E-state index < -0.39 is 0 Å². The molecule has 1 rings (SSSR count). The minimum absolute atomic E-state index is 0.435. The number of hydrogen-bond donors (Lipinski definition) is 2. The average Bonchev–Trinajstić information content (AvgIpc) is 2.01. The molecule has 3 nitrogen and oxygen atoms in total. The van der Waals surface area contributed by atoms with E-state index in [-0.39, 0.29) is 0 Å². The summed E-state index contributed by atoms with van der Waals surface area (Å²) in [6, 6.07) is 0.483. The minimum atomic E-state index is 0.435. The summed E-state index contributed by atoms with van der Waals surface area (Å²) >= 11 is 0. The molecule has 0 radical (unpaired) electrons. The summed E-state index contributed by atoms with van der Waals surface area (Å²) in [5.41, 5.74) is 0. The molecule has 0 amide bonds. The summed E-state index contributed by atoms with van der Waals surface area (Å²) in [5, 5.41) is 14.8. The van der Waals surface area contributed by atoms with Gasteiger partial charge in [0.15, 0.2) is 0 Å². The van der Waals surface area contributed by atoms with Crippen molar-refractivity contribution in [3.05, 3.63) is 5.21 Å². The van der Waals surface area contributed by atoms with Crippen LogP contribution in [0.1, 0.15) is 26.2 Å². The highest BCUT2D eigenvalue weighted by Crippen LogP contribution is 1.99. The second-order valence-electron chi connectivity index (χ2n) is 3.29. The smallest absolute Gasteiger partial charge is 0.0924 e. The van der Waals surface area contributed by atoms with Gasteiger partial charge in [0, 0.05) is 6.54 Å². The first-order valence-corrected chi connectivity index (χ1v) is 4.58. The topological polar surface area (TPSA) is 39.5 Å². The van der Waals surface area contributed by atoms with Crippen LogP contribution in [0.2, 0.25) is 0 Å². The molecule has 66 valence electrons. The fourth-order valence-corrected chi connectivity index (χ4v) is 1.52. The first-order valence-electron chi connectivity index (χ1n) is 4.58. The summed E-state index contributed by atoms with van der Waals surface area (Å²) in [6.07, 6.45) is 3.64. The molecular formula is C8H18N2O. The Hall–Kier alpha value is -0.120. The Morgan fingerprint density at radius 1 is 1.64 bits per heavy atom. The van der Waals surface area contributed by atoms with E-state index in [4.69, 9.17) is 0 Å². The van der Waals surface area contributed by atoms with Gasteiger partial charge in [-0.1, -0.05) is 19.8 Å². The lowest BCUT2D eigenvalue weighted by Crippen LogP contribution is -3.11. The van der Waals surface area contributed by atoms with Crippen molar-refractivity contribution in [1.29, 1.82) is 0 Å². The molecule has 0 bridgehead atoms. The highest BCUT2D eigenvalue weighted by atomic mass is 16.5. The van der Waals surface area contributed by atoms with Gasteiger partial charge in [-0.05, 0) is 6.42 Å². The van der Waals surface area contributed by atoms with Crippen LogP contribution in [-0.2, 0) is 0 Å². The van der Waals surface area contributed by atoms with Gasteiger partial charge in [-0.15, -0.1) is 0 Å². The van der Waals surface area contributed by atoms with Crippen LogP contribution in [0, 0.1) is 5.21 Å². The van der Waals surface area contributed by atoms with Crippen LogP contribution < -0.4 is 10.4 Å². The predicted octanol–water partition coefficient (Wildman–Crippen LogP) is -0.469. The lowest BCUT2D eigenvalue weighted by Gasteiger charge is -2.33. The van der Waals surface area contributed by atoms with E-state index in [2.05, 4.69) is 12.2 Å². The van der Waals surface area contributed by atoms with Crippen LogP contribution in [0.5, 0.6) is 0 Å². The summed E-state index contributed by atoms with van der Waals surface area (Å²) in [4.78, 5) is 0. The molecule has 0 aliphatic carbocycles. The molecule has 1 saturated heterocycles. The van der Waals surface area contributed by atoms with Gasteiger partial charge < -0.3 is 15.6 Å². The first-order chi connectivity index (χ1) is 5.33. The van der Waals surface area contributed by atoms with Crippen LogP contribution in [0.15, 0.2) is 0 Å². The third-order valence-corrected chi connectivity index (χ3v) is 2.22. The van der Waals surface area contributed by atoms with Gasteiger partial charge in [-0.25, -0.2) is 0 Å². The lowest BCUT2D eigenvalue weighted by molar-refractivity contribution is -0.853. The van der Waals surface area contributed by atoms with Gasteiger partial charge in [-0.3, -0.25) is 0 Å². The number of rotatable bonds is 3. The van der Waals surface area contributed by atoms with Crippen molar-refractivity contribution >= 4 is 0 Å². The Labute approximate surface area is 68.3 Å². The van der Waals surface area contributed by atoms with Gasteiger partial charge in [0.1, 0.15) is 0 Å². The Kier molecular flexibility index (Phi) is 3.83. The maximum atomic E-state index is 11.0. The zero-order valence-corrected chi connectivity index (χ0v) is 7.23. The van der Waals surface area contributed by atoms with Crippen molar-refractivity contribution < 1.29 is 5.06 Å². The van der Waals surface area contributed by atoms with Crippen molar-refractivity contribution in [3.8, 4) is 0 Å². The van der Waals surface area contributed by atoms with E-state index in [0.717, 1.165) is 19.6 Å². The van der Waals surface area contributed by atoms with Crippen molar-refractivity contribution in [3.63, 3.8) is 0 Å². The Balaban J connectivity index is 2.12. The Bertz CT molecular complexity index is 108. The van der Waals surface area contributed by atoms with Crippen LogP contribution in [-0.4, -0.2) is 25.7 Å². The number of quaternary nitrogens is 1. The lowest BCUT2D eigenvalue weighted by atomic mass is 10.1. The highest BCUT2D eigenvalue weighted by molar-refractivity contribution is 4.68. The zero-order chi connectivity index (χ0) is 8.10. The molecule has 11 heavy (non-hydrogen) atoms. The van der Waals surface area contributed by atoms with Crippen molar-refractivity contribution in [2.45, 2.75) is 32.2 Å². The first kappa shape index (κ1) is 8.97. The van der Waals surface area contributed by atoms with E-state index in [0.29, 0.717) is 11.1 Å². The van der Waals surface area contributed by atoms with Crippen LogP contribution >= 0.6 is 0 Å². The molecule has 0 spiro atoms. The van der Waals surface area contributed by atoms with E-state index >= 15 is 0 Å². The monoisotopic (exact) mass is 158 g/mol. The molecular weight excluding hydrogens is 140 g/mol. The van der Waals surface area contributed by atoms with E-state index in [9.17, 15) is 5.21 Å². The largest absolute Gasteiger partial charge is 0.634 e. The summed E-state index contributed by atoms with van der Waals surface area (Å²) < 4.78 is 0. The summed E-state index contributed by atoms with van der Waals surface area (Å²) in [7, 11) is 0. The minimum Gasteiger partial charge on any atom is -0.634 e. The number of nitrogens with one attached hydrogen (secondary N) is 2. The van der Waals surface area contributed by atoms with Crippen LogP contribution in [0.3, 0.4) is 0 Å². The SMILES string of the molecule is CCCCC1C[NH+]([O-])CCN1. The normalized spacial score (nSPS) is 32.2. The fraction of sp³-hybridized carbons (Fsp3) is 1.00. The van der Waals surface area contributed by atoms with E-state index in [1.807, 2.05) is 0 Å². The molecule has 3 heteroatoms. The molecule has 0 saturated carbocycles. The number of hydroxylamine groups is 2. The molecule has 2 atom stereocenters. The quantitative estimate of drug-likeness (QED) is 0.545. The molecule has 1 fully saturated rings. The molecule has 0 aromatic heterocycles. The predicted molar refractivity (Wildman–Crippen MR) is 45.4 cm³/mol. The van der Waals surface area contributed by atoms with Gasteiger partial charge >= 0.3 is 0 Å². The van der Waals surface area contributed by atoms with Crippen molar-refractivity contribution in [1.82, 2.24) is 5.32 Å². The molecule has 1 heterocycles. The maximum Gasteiger partial charge on any atom is 0.0924 e. The molecule has 0 aromatic rings. The number of hydrogen-bond acceptors (Lipinski definition) is 2. The van der Waals surface area contributed by atoms with E-state index in [1.165, 1.54) is 19.3 Å². The van der Waals surface area contributed by atoms with Crippen molar-refractivity contribution in [2.75, 3.05) is 19.6 Å². The second kappa shape index (κ2) is 4.70. The van der Waals surface area contributed by atoms with Gasteiger partial charge in [-0.2, -0.15) is 0 Å². The fourth-order valence-electron chi connectivity index (χ4n) is 1.52. The third kappa shape index (κ3) is 3.18. The Morgan fingerprint density at radius 3 is 3.09 bits per heavy atom. The average molecular weight is 158 g/mol. The van der Waals surface area contributed by atoms with Crippen LogP contribution in [0.4, 0.5) is 0 Å². The summed E-state index contributed by atoms with van der Waals surface area (Å²) in [6.45, 7) is 4.58. The zero-order valence-electron chi connectivity index (χ0n) is 7.23. The second-order valence-corrected chi connectivity index (χ2v) is 3.29. The van der Waals surface area contributed by atoms with Gasteiger partial charge in [0.05, 0.1) is 19.1 Å². The highest BCUT2D eigenvalue weighted by Gasteiger charge is 2.16. The Morgan fingerprint density at radius 2 is 2.45 bits per heavy atom. The van der Waals surface area contributed by atoms with Gasteiger partial charge in [0.2, 0.25) is 0 Å². The molecule has 1 aliphatic rings.